The Morgan fingerprint density at radius 2 is 2.10 bits per heavy atom. The summed E-state index contributed by atoms with van der Waals surface area (Å²) in [6, 6.07) is 5.78. The highest BCUT2D eigenvalue weighted by Gasteiger charge is 2.31. The van der Waals surface area contributed by atoms with Crippen LogP contribution >= 0.6 is 0 Å². The number of nitrogens with one attached hydrogen (secondary N) is 1. The fourth-order valence-electron chi connectivity index (χ4n) is 1.78. The molecular weight excluding hydrogens is 266 g/mol. The lowest BCUT2D eigenvalue weighted by atomic mass is 10.1. The third kappa shape index (κ3) is 3.22. The van der Waals surface area contributed by atoms with Crippen molar-refractivity contribution < 1.29 is 19.2 Å². The molecule has 0 spiro atoms. The number of ether oxygens (including phenoxy) is 1. The van der Waals surface area contributed by atoms with Crippen molar-refractivity contribution in [3.63, 3.8) is 0 Å². The highest BCUT2D eigenvalue weighted by molar-refractivity contribution is 5.69. The Kier molecular flexibility index (Phi) is 4.14. The van der Waals surface area contributed by atoms with Crippen LogP contribution in [0.1, 0.15) is 5.56 Å². The first-order valence-electron chi connectivity index (χ1n) is 5.95. The van der Waals surface area contributed by atoms with E-state index in [1.165, 1.54) is 29.2 Å². The molecule has 1 N–H and O–H groups in total. The molecule has 0 bridgehead atoms. The van der Waals surface area contributed by atoms with E-state index in [1.807, 2.05) is 0 Å². The second kappa shape index (κ2) is 6.00. The van der Waals surface area contributed by atoms with Gasteiger partial charge in [0.1, 0.15) is 6.61 Å². The normalized spacial score (nSPS) is 14.3. The number of hydrogen-bond donors (Lipinski definition) is 1. The van der Waals surface area contributed by atoms with Crippen molar-refractivity contribution in [1.82, 2.24) is 10.2 Å². The molecule has 1 aliphatic rings. The molecule has 1 fully saturated rings. The number of rotatable bonds is 5. The number of non-ortho nitro benzene ring substituents is 1. The summed E-state index contributed by atoms with van der Waals surface area (Å²) in [5.41, 5.74) is 0.664. The lowest BCUT2D eigenvalue weighted by Crippen LogP contribution is -2.59. The lowest BCUT2D eigenvalue weighted by Gasteiger charge is -2.37. The number of nitro benzene ring substituents is 1. The van der Waals surface area contributed by atoms with E-state index in [2.05, 4.69) is 5.32 Å². The number of nitrogens with zero attached hydrogens (tertiary/aromatic N) is 2. The van der Waals surface area contributed by atoms with Crippen LogP contribution in [-0.2, 0) is 16.1 Å². The zero-order valence-corrected chi connectivity index (χ0v) is 10.5. The van der Waals surface area contributed by atoms with Gasteiger partial charge in [-0.2, -0.15) is 0 Å². The Morgan fingerprint density at radius 3 is 2.65 bits per heavy atom. The van der Waals surface area contributed by atoms with Crippen molar-refractivity contribution in [2.75, 3.05) is 13.1 Å². The monoisotopic (exact) mass is 279 g/mol. The zero-order chi connectivity index (χ0) is 14.5. The van der Waals surface area contributed by atoms with Crippen LogP contribution in [0.2, 0.25) is 0 Å². The Balaban J connectivity index is 1.76. The third-order valence-corrected chi connectivity index (χ3v) is 2.95. The molecule has 0 radical (unpaired) electrons. The Morgan fingerprint density at radius 1 is 1.45 bits per heavy atom. The molecule has 0 aliphatic carbocycles. The van der Waals surface area contributed by atoms with E-state index in [-0.39, 0.29) is 18.3 Å². The van der Waals surface area contributed by atoms with Gasteiger partial charge in [0.05, 0.1) is 11.0 Å². The van der Waals surface area contributed by atoms with Crippen LogP contribution in [0, 0.1) is 10.1 Å². The van der Waals surface area contributed by atoms with Gasteiger partial charge in [-0.3, -0.25) is 14.9 Å². The molecule has 1 aliphatic heterocycles. The molecule has 106 valence electrons. The van der Waals surface area contributed by atoms with Gasteiger partial charge >= 0.3 is 6.09 Å². The molecule has 2 rings (SSSR count). The minimum Gasteiger partial charge on any atom is -0.445 e. The second-order valence-corrected chi connectivity index (χ2v) is 4.36. The fourth-order valence-corrected chi connectivity index (χ4v) is 1.78. The molecule has 1 saturated heterocycles. The Labute approximate surface area is 114 Å². The average molecular weight is 279 g/mol. The van der Waals surface area contributed by atoms with Crippen molar-refractivity contribution in [3.8, 4) is 0 Å². The van der Waals surface area contributed by atoms with Crippen LogP contribution in [0.15, 0.2) is 24.3 Å². The van der Waals surface area contributed by atoms with Crippen LogP contribution in [0.4, 0.5) is 10.5 Å². The van der Waals surface area contributed by atoms with Crippen LogP contribution in [0.5, 0.6) is 0 Å². The van der Waals surface area contributed by atoms with Gasteiger partial charge in [-0.1, -0.05) is 0 Å². The van der Waals surface area contributed by atoms with Crippen molar-refractivity contribution >= 4 is 18.2 Å². The highest BCUT2D eigenvalue weighted by Crippen LogP contribution is 2.14. The number of carbonyl (C=O) groups excluding carboxylic acids is 2. The highest BCUT2D eigenvalue weighted by atomic mass is 16.6. The third-order valence-electron chi connectivity index (χ3n) is 2.95. The van der Waals surface area contributed by atoms with Crippen molar-refractivity contribution in [3.05, 3.63) is 39.9 Å². The van der Waals surface area contributed by atoms with Gasteiger partial charge in [0.25, 0.3) is 5.69 Å². The van der Waals surface area contributed by atoms with E-state index in [4.69, 9.17) is 4.74 Å². The van der Waals surface area contributed by atoms with Gasteiger partial charge in [-0.25, -0.2) is 4.79 Å². The maximum absolute atomic E-state index is 11.6. The van der Waals surface area contributed by atoms with E-state index in [1.54, 1.807) is 0 Å². The van der Waals surface area contributed by atoms with Crippen molar-refractivity contribution in [2.24, 2.45) is 0 Å². The quantitative estimate of drug-likeness (QED) is 0.484. The molecule has 8 heteroatoms. The van der Waals surface area contributed by atoms with E-state index in [0.717, 1.165) is 0 Å². The zero-order valence-electron chi connectivity index (χ0n) is 10.5. The molecule has 0 unspecified atom stereocenters. The molecule has 0 aromatic heterocycles. The minimum atomic E-state index is -0.490. The maximum atomic E-state index is 11.6. The summed E-state index contributed by atoms with van der Waals surface area (Å²) in [4.78, 5) is 33.2. The largest absolute Gasteiger partial charge is 0.445 e. The summed E-state index contributed by atoms with van der Waals surface area (Å²) in [6.07, 6.45) is 0.136. The summed E-state index contributed by atoms with van der Waals surface area (Å²) in [5.74, 6) is 0. The number of benzene rings is 1. The van der Waals surface area contributed by atoms with Crippen LogP contribution in [-0.4, -0.2) is 41.5 Å². The van der Waals surface area contributed by atoms with Gasteiger partial charge in [0, 0.05) is 25.2 Å². The molecule has 0 atom stereocenters. The second-order valence-electron chi connectivity index (χ2n) is 4.36. The molecule has 20 heavy (non-hydrogen) atoms. The summed E-state index contributed by atoms with van der Waals surface area (Å²) in [7, 11) is 0. The van der Waals surface area contributed by atoms with Gasteiger partial charge in [0.2, 0.25) is 6.41 Å². The molecule has 2 amide bonds. The van der Waals surface area contributed by atoms with Gasteiger partial charge < -0.3 is 15.0 Å². The number of likely N-dealkylation sites (tertiary alicyclic amines) is 1. The number of carbonyl (C=O) groups is 2. The minimum absolute atomic E-state index is 0.00871. The Hall–Kier alpha value is -2.64. The predicted molar refractivity (Wildman–Crippen MR) is 67.8 cm³/mol. The molecule has 1 aromatic carbocycles. The summed E-state index contributed by atoms with van der Waals surface area (Å²) >= 11 is 0. The van der Waals surface area contributed by atoms with Gasteiger partial charge in [-0.05, 0) is 17.7 Å². The first-order valence-corrected chi connectivity index (χ1v) is 5.95. The van der Waals surface area contributed by atoms with Gasteiger partial charge in [-0.15, -0.1) is 0 Å². The SMILES string of the molecule is O=CNC1CN(C(=O)OCc2ccc([N+](=O)[O-])cc2)C1. The molecule has 0 saturated carbocycles. The molecule has 8 nitrogen and oxygen atoms in total. The van der Waals surface area contributed by atoms with E-state index in [9.17, 15) is 19.7 Å². The maximum Gasteiger partial charge on any atom is 0.410 e. The number of amides is 2. The van der Waals surface area contributed by atoms with E-state index >= 15 is 0 Å². The molecule has 1 heterocycles. The predicted octanol–water partition coefficient (Wildman–Crippen LogP) is 0.662. The number of hydrogen-bond acceptors (Lipinski definition) is 5. The van der Waals surface area contributed by atoms with Crippen molar-refractivity contribution in [1.29, 1.82) is 0 Å². The van der Waals surface area contributed by atoms with Crippen LogP contribution < -0.4 is 5.32 Å². The average Bonchev–Trinajstić information content (AvgIpc) is 2.40. The first-order chi connectivity index (χ1) is 9.60. The Bertz CT molecular complexity index is 510. The van der Waals surface area contributed by atoms with E-state index in [0.29, 0.717) is 25.1 Å². The summed E-state index contributed by atoms with van der Waals surface area (Å²) in [6.45, 7) is 0.911. The number of nitro groups is 1. The first kappa shape index (κ1) is 13.8. The topological polar surface area (TPSA) is 102 Å². The fraction of sp³-hybridized carbons (Fsp3) is 0.333. The lowest BCUT2D eigenvalue weighted by molar-refractivity contribution is -0.384. The van der Waals surface area contributed by atoms with Crippen LogP contribution in [0.25, 0.3) is 0 Å². The van der Waals surface area contributed by atoms with E-state index < -0.39 is 11.0 Å². The van der Waals surface area contributed by atoms with Crippen LogP contribution in [0.3, 0.4) is 0 Å². The van der Waals surface area contributed by atoms with Crippen molar-refractivity contribution in [2.45, 2.75) is 12.6 Å². The smallest absolute Gasteiger partial charge is 0.410 e. The summed E-state index contributed by atoms with van der Waals surface area (Å²) in [5, 5.41) is 13.0. The van der Waals surface area contributed by atoms with Gasteiger partial charge in [0.15, 0.2) is 0 Å². The molecular formula is C12H13N3O5. The molecule has 1 aromatic rings. The standard InChI is InChI=1S/C12H13N3O5/c16-8-13-10-5-14(6-10)12(17)20-7-9-1-3-11(4-2-9)15(18)19/h1-4,8,10H,5-7H2,(H,13,16). The summed E-state index contributed by atoms with van der Waals surface area (Å²) < 4.78 is 5.06.